The van der Waals surface area contributed by atoms with E-state index in [1.807, 2.05) is 19.1 Å². The van der Waals surface area contributed by atoms with Gasteiger partial charge in [0.15, 0.2) is 0 Å². The summed E-state index contributed by atoms with van der Waals surface area (Å²) in [6, 6.07) is 7.94. The van der Waals surface area contributed by atoms with Crippen LogP contribution in [0.4, 0.5) is 0 Å². The average molecular weight is 366 g/mol. The first-order chi connectivity index (χ1) is 7.70. The van der Waals surface area contributed by atoms with Gasteiger partial charge in [-0.05, 0) is 37.4 Å². The Kier molecular flexibility index (Phi) is 15.4. The first-order valence-electron chi connectivity index (χ1n) is 5.70. The topological polar surface area (TPSA) is 13.1 Å². The summed E-state index contributed by atoms with van der Waals surface area (Å²) in [5.74, 6) is 0.968. The third-order valence-electron chi connectivity index (χ3n) is 1.83. The molecular formula is C14H23IOS. The first kappa shape index (κ1) is 19.1. The van der Waals surface area contributed by atoms with E-state index < -0.39 is 0 Å². The lowest BCUT2D eigenvalue weighted by Crippen LogP contribution is -1.48. The highest BCUT2D eigenvalue weighted by molar-refractivity contribution is 14.0. The van der Waals surface area contributed by atoms with Crippen molar-refractivity contribution in [3.8, 4) is 0 Å². The highest BCUT2D eigenvalue weighted by atomic mass is 127. The smallest absolute Gasteiger partial charge is 0.100 e. The highest BCUT2D eigenvalue weighted by Crippen LogP contribution is 2.03. The normalized spacial score (nSPS) is 8.00. The summed E-state index contributed by atoms with van der Waals surface area (Å²) in [6.45, 7) is 8.38. The van der Waals surface area contributed by atoms with Gasteiger partial charge in [-0.3, -0.25) is 0 Å². The molecule has 0 atom stereocenters. The fourth-order valence-corrected chi connectivity index (χ4v) is 1.25. The van der Waals surface area contributed by atoms with Gasteiger partial charge in [-0.2, -0.15) is 0 Å². The van der Waals surface area contributed by atoms with Crippen LogP contribution >= 0.6 is 35.3 Å². The Bertz CT molecular complexity index is 280. The van der Waals surface area contributed by atoms with Gasteiger partial charge in [0.2, 0.25) is 0 Å². The first-order valence-corrected chi connectivity index (χ1v) is 6.58. The number of unbranched alkanes of at least 4 members (excludes halogenated alkanes) is 1. The molecule has 17 heavy (non-hydrogen) atoms. The van der Waals surface area contributed by atoms with Crippen molar-refractivity contribution >= 4 is 35.3 Å². The van der Waals surface area contributed by atoms with Crippen molar-refractivity contribution in [3.05, 3.63) is 46.5 Å². The Hall–Kier alpha value is -0.290. The minimum atomic E-state index is 0. The Morgan fingerprint density at radius 2 is 1.71 bits per heavy atom. The number of furan rings is 1. The molecule has 3 heteroatoms. The number of aryl methyl sites for hydroxylation is 2. The third kappa shape index (κ3) is 13.6. The molecule has 0 N–H and O–H groups in total. The zero-order valence-electron chi connectivity index (χ0n) is 11.1. The molecule has 0 aliphatic carbocycles. The van der Waals surface area contributed by atoms with Crippen LogP contribution in [0.1, 0.15) is 37.3 Å². The van der Waals surface area contributed by atoms with Gasteiger partial charge in [0.1, 0.15) is 5.76 Å². The van der Waals surface area contributed by atoms with Crippen LogP contribution in [-0.2, 0) is 0 Å². The van der Waals surface area contributed by atoms with Crippen molar-refractivity contribution in [2.24, 2.45) is 0 Å². The number of halogens is 1. The molecule has 2 aromatic heterocycles. The summed E-state index contributed by atoms with van der Waals surface area (Å²) in [5, 5.41) is 2.08. The van der Waals surface area contributed by atoms with Gasteiger partial charge >= 0.3 is 0 Å². The zero-order chi connectivity index (χ0) is 12.2. The zero-order valence-corrected chi connectivity index (χ0v) is 14.2. The molecule has 0 saturated carbocycles. The predicted octanol–water partition coefficient (Wildman–Crippen LogP) is 6.07. The molecule has 0 aliphatic rings. The largest absolute Gasteiger partial charge is 0.470 e. The van der Waals surface area contributed by atoms with Crippen molar-refractivity contribution in [2.45, 2.75) is 40.5 Å². The highest BCUT2D eigenvalue weighted by Gasteiger charge is 1.76. The van der Waals surface area contributed by atoms with E-state index in [1.165, 1.54) is 17.7 Å². The van der Waals surface area contributed by atoms with Crippen LogP contribution in [0.25, 0.3) is 0 Å². The number of hydrogen-bond acceptors (Lipinski definition) is 2. The maximum absolute atomic E-state index is 4.83. The van der Waals surface area contributed by atoms with Crippen LogP contribution in [0.3, 0.4) is 0 Å². The second kappa shape index (κ2) is 13.8. The monoisotopic (exact) mass is 366 g/mol. The molecule has 0 saturated heterocycles. The summed E-state index contributed by atoms with van der Waals surface area (Å²) in [7, 11) is 0. The van der Waals surface area contributed by atoms with Gasteiger partial charge in [0.05, 0.1) is 6.26 Å². The molecule has 2 heterocycles. The van der Waals surface area contributed by atoms with E-state index in [2.05, 4.69) is 38.3 Å². The van der Waals surface area contributed by atoms with Gasteiger partial charge in [0, 0.05) is 4.88 Å². The molecule has 0 fully saturated rings. The van der Waals surface area contributed by atoms with Crippen LogP contribution in [0.5, 0.6) is 0 Å². The van der Waals surface area contributed by atoms with Crippen LogP contribution < -0.4 is 0 Å². The maximum atomic E-state index is 4.83. The van der Waals surface area contributed by atoms with E-state index in [-0.39, 0.29) is 24.0 Å². The van der Waals surface area contributed by atoms with Gasteiger partial charge in [-0.1, -0.05) is 32.8 Å². The molecule has 0 aromatic carbocycles. The minimum absolute atomic E-state index is 0. The van der Waals surface area contributed by atoms with Crippen molar-refractivity contribution in [1.82, 2.24) is 0 Å². The van der Waals surface area contributed by atoms with Gasteiger partial charge < -0.3 is 4.42 Å². The Morgan fingerprint density at radius 3 is 1.82 bits per heavy atom. The second-order valence-electron chi connectivity index (χ2n) is 3.45. The number of rotatable bonds is 1. The molecule has 0 spiro atoms. The van der Waals surface area contributed by atoms with Gasteiger partial charge in [-0.25, -0.2) is 0 Å². The lowest BCUT2D eigenvalue weighted by atomic mass is 10.4. The van der Waals surface area contributed by atoms with Crippen molar-refractivity contribution < 1.29 is 4.42 Å². The fourth-order valence-electron chi connectivity index (χ4n) is 0.721. The molecule has 0 unspecified atom stereocenters. The van der Waals surface area contributed by atoms with Gasteiger partial charge in [-0.15, -0.1) is 35.3 Å². The quantitative estimate of drug-likeness (QED) is 0.559. The van der Waals surface area contributed by atoms with Crippen LogP contribution in [0, 0.1) is 13.8 Å². The molecule has 2 rings (SSSR count). The lowest BCUT2D eigenvalue weighted by Gasteiger charge is -1.69. The molecule has 0 radical (unpaired) electrons. The third-order valence-corrected chi connectivity index (χ3v) is 2.63. The summed E-state index contributed by atoms with van der Waals surface area (Å²) in [6.07, 6.45) is 4.30. The summed E-state index contributed by atoms with van der Waals surface area (Å²) in [5.41, 5.74) is 0. The Labute approximate surface area is 126 Å². The SMILES string of the molecule is CCCC.Cc1ccco1.Cc1cccs1.I. The van der Waals surface area contributed by atoms with Crippen molar-refractivity contribution in [1.29, 1.82) is 0 Å². The summed E-state index contributed by atoms with van der Waals surface area (Å²) in [4.78, 5) is 1.38. The van der Waals surface area contributed by atoms with E-state index in [0.717, 1.165) is 5.76 Å². The van der Waals surface area contributed by atoms with E-state index in [1.54, 1.807) is 17.6 Å². The van der Waals surface area contributed by atoms with Crippen molar-refractivity contribution in [3.63, 3.8) is 0 Å². The summed E-state index contributed by atoms with van der Waals surface area (Å²) < 4.78 is 4.83. The van der Waals surface area contributed by atoms with E-state index >= 15 is 0 Å². The van der Waals surface area contributed by atoms with Gasteiger partial charge in [0.25, 0.3) is 0 Å². The average Bonchev–Trinajstić information content (AvgIpc) is 2.93. The molecule has 2 aromatic rings. The molecule has 98 valence electrons. The van der Waals surface area contributed by atoms with Crippen molar-refractivity contribution in [2.75, 3.05) is 0 Å². The minimum Gasteiger partial charge on any atom is -0.470 e. The van der Waals surface area contributed by atoms with E-state index in [9.17, 15) is 0 Å². The molecule has 0 bridgehead atoms. The summed E-state index contributed by atoms with van der Waals surface area (Å²) >= 11 is 1.78. The second-order valence-corrected chi connectivity index (χ2v) is 4.60. The van der Waals surface area contributed by atoms with Crippen LogP contribution in [0.15, 0.2) is 40.3 Å². The van der Waals surface area contributed by atoms with E-state index in [4.69, 9.17) is 4.42 Å². The standard InChI is InChI=1S/C5H6O.C5H6S.C4H10.HI/c2*1-5-3-2-4-6-5;1-3-4-2;/h2*2-4H,1H3;3-4H2,1-2H3;1H. The number of thiophene rings is 1. The molecular weight excluding hydrogens is 343 g/mol. The van der Waals surface area contributed by atoms with Crippen LogP contribution in [0.2, 0.25) is 0 Å². The Morgan fingerprint density at radius 1 is 1.06 bits per heavy atom. The Balaban J connectivity index is 0. The molecule has 0 amide bonds. The van der Waals surface area contributed by atoms with E-state index in [0.29, 0.717) is 0 Å². The molecule has 1 nitrogen and oxygen atoms in total. The predicted molar refractivity (Wildman–Crippen MR) is 88.5 cm³/mol. The fraction of sp³-hybridized carbons (Fsp3) is 0.429. The number of hydrogen-bond donors (Lipinski definition) is 0. The maximum Gasteiger partial charge on any atom is 0.100 e. The lowest BCUT2D eigenvalue weighted by molar-refractivity contribution is 0.534. The molecule has 0 aliphatic heterocycles. The van der Waals surface area contributed by atoms with Crippen LogP contribution in [-0.4, -0.2) is 0 Å².